The summed E-state index contributed by atoms with van der Waals surface area (Å²) in [6, 6.07) is 17.7. The van der Waals surface area contributed by atoms with Gasteiger partial charge in [-0.15, -0.1) is 11.3 Å². The fraction of sp³-hybridized carbons (Fsp3) is 0. The normalized spacial score (nSPS) is 11.3. The molecule has 0 N–H and O–H groups in total. The van der Waals surface area contributed by atoms with Crippen LogP contribution in [0, 0.1) is 25.0 Å². The van der Waals surface area contributed by atoms with E-state index in [0.717, 1.165) is 14.8 Å². The molecule has 152 valence electrons. The molecule has 2 aromatic carbocycles. The van der Waals surface area contributed by atoms with E-state index in [1.165, 1.54) is 29.5 Å². The van der Waals surface area contributed by atoms with Gasteiger partial charge in [-0.25, -0.2) is 4.98 Å². The Morgan fingerprint density at radius 1 is 1.23 bits per heavy atom. The number of hydrogen-bond acceptors (Lipinski definition) is 6. The molecule has 0 saturated heterocycles. The zero-order valence-electron chi connectivity index (χ0n) is 15.6. The summed E-state index contributed by atoms with van der Waals surface area (Å²) in [6.45, 7) is 0. The van der Waals surface area contributed by atoms with E-state index < -0.39 is 4.92 Å². The molecule has 2 aromatic heterocycles. The van der Waals surface area contributed by atoms with Crippen molar-refractivity contribution in [1.29, 1.82) is 5.26 Å². The minimum Gasteiger partial charge on any atom is -0.457 e. The molecule has 2 heterocycles. The van der Waals surface area contributed by atoms with Crippen molar-refractivity contribution in [3.63, 3.8) is 0 Å². The first-order chi connectivity index (χ1) is 14.9. The van der Waals surface area contributed by atoms with Crippen molar-refractivity contribution in [2.24, 2.45) is 0 Å². The zero-order chi connectivity index (χ0) is 22.0. The number of halogens is 2. The lowest BCUT2D eigenvalue weighted by Crippen LogP contribution is -1.88. The molecule has 0 amide bonds. The highest BCUT2D eigenvalue weighted by molar-refractivity contribution is 14.1. The Labute approximate surface area is 199 Å². The molecule has 9 heteroatoms. The summed E-state index contributed by atoms with van der Waals surface area (Å²) in [6.07, 6.45) is 1.61. The van der Waals surface area contributed by atoms with Crippen molar-refractivity contribution < 1.29 is 9.34 Å². The van der Waals surface area contributed by atoms with Gasteiger partial charge in [-0.3, -0.25) is 10.1 Å². The van der Waals surface area contributed by atoms with Crippen LogP contribution in [-0.4, -0.2) is 9.91 Å². The molecule has 0 aliphatic heterocycles. The van der Waals surface area contributed by atoms with E-state index in [2.05, 4.69) is 33.6 Å². The second kappa shape index (κ2) is 9.01. The molecule has 0 bridgehead atoms. The van der Waals surface area contributed by atoms with Crippen molar-refractivity contribution >= 4 is 62.9 Å². The third-order valence-electron chi connectivity index (χ3n) is 4.34. The minimum absolute atomic E-state index is 0.0973. The number of nitriles is 1. The second-order valence-corrected chi connectivity index (χ2v) is 8.85. The number of aromatic nitrogens is 1. The average Bonchev–Trinajstić information content (AvgIpc) is 3.42. The summed E-state index contributed by atoms with van der Waals surface area (Å²) < 4.78 is 6.94. The van der Waals surface area contributed by atoms with Crippen molar-refractivity contribution in [1.82, 2.24) is 4.98 Å². The molecule has 0 saturated carbocycles. The van der Waals surface area contributed by atoms with Crippen LogP contribution < -0.4 is 0 Å². The Balaban J connectivity index is 1.62. The summed E-state index contributed by atoms with van der Waals surface area (Å²) in [4.78, 5) is 15.0. The molecule has 0 unspecified atom stereocenters. The van der Waals surface area contributed by atoms with Gasteiger partial charge in [-0.2, -0.15) is 5.26 Å². The van der Waals surface area contributed by atoms with Gasteiger partial charge in [0.25, 0.3) is 5.69 Å². The Morgan fingerprint density at radius 3 is 2.68 bits per heavy atom. The lowest BCUT2D eigenvalue weighted by Gasteiger charge is -2.00. The smallest absolute Gasteiger partial charge is 0.270 e. The van der Waals surface area contributed by atoms with Crippen molar-refractivity contribution in [3.05, 3.63) is 89.5 Å². The quantitative estimate of drug-likeness (QED) is 0.111. The monoisotopic (exact) mass is 559 g/mol. The molecule has 6 nitrogen and oxygen atoms in total. The molecular formula is C22H11ClIN3O3S. The van der Waals surface area contributed by atoms with Crippen LogP contribution in [0.5, 0.6) is 0 Å². The van der Waals surface area contributed by atoms with E-state index in [1.54, 1.807) is 18.2 Å². The second-order valence-electron chi connectivity index (χ2n) is 6.34. The molecular weight excluding hydrogens is 549 g/mol. The SMILES string of the molecule is N#C/C(=C\c1ccc(-c2ccc([N+](=O)[O-])cc2Cl)o1)c1nc(-c2ccc(I)cc2)cs1. The van der Waals surface area contributed by atoms with Crippen LogP contribution >= 0.6 is 45.5 Å². The summed E-state index contributed by atoms with van der Waals surface area (Å²) in [5, 5.41) is 23.2. The van der Waals surface area contributed by atoms with Crippen molar-refractivity contribution in [2.75, 3.05) is 0 Å². The fourth-order valence-corrected chi connectivity index (χ4v) is 4.25. The van der Waals surface area contributed by atoms with Crippen LogP contribution in [0.2, 0.25) is 5.02 Å². The molecule has 0 spiro atoms. The number of non-ortho nitro benzene ring substituents is 1. The lowest BCUT2D eigenvalue weighted by atomic mass is 10.1. The van der Waals surface area contributed by atoms with Crippen molar-refractivity contribution in [3.8, 4) is 28.7 Å². The average molecular weight is 560 g/mol. The van der Waals surface area contributed by atoms with Gasteiger partial charge in [0.1, 0.15) is 22.6 Å². The third kappa shape index (κ3) is 4.69. The van der Waals surface area contributed by atoms with Gasteiger partial charge in [0.05, 0.1) is 21.2 Å². The van der Waals surface area contributed by atoms with Crippen LogP contribution in [-0.2, 0) is 0 Å². The van der Waals surface area contributed by atoms with Gasteiger partial charge in [0, 0.05) is 38.3 Å². The predicted octanol–water partition coefficient (Wildman–Crippen LogP) is 7.30. The van der Waals surface area contributed by atoms with Gasteiger partial charge < -0.3 is 4.42 Å². The predicted molar refractivity (Wildman–Crippen MR) is 130 cm³/mol. The Hall–Kier alpha value is -3.00. The summed E-state index contributed by atoms with van der Waals surface area (Å²) in [7, 11) is 0. The highest BCUT2D eigenvalue weighted by atomic mass is 127. The number of furan rings is 1. The Kier molecular flexibility index (Phi) is 6.18. The first kappa shape index (κ1) is 21.2. The molecule has 4 rings (SSSR count). The fourth-order valence-electron chi connectivity index (χ4n) is 2.83. The summed E-state index contributed by atoms with van der Waals surface area (Å²) >= 11 is 9.80. The van der Waals surface area contributed by atoms with Crippen LogP contribution in [0.25, 0.3) is 34.2 Å². The number of nitro groups is 1. The molecule has 31 heavy (non-hydrogen) atoms. The van der Waals surface area contributed by atoms with Crippen LogP contribution in [0.3, 0.4) is 0 Å². The Morgan fingerprint density at radius 2 is 2.00 bits per heavy atom. The number of hydrogen-bond donors (Lipinski definition) is 0. The molecule has 0 atom stereocenters. The highest BCUT2D eigenvalue weighted by Gasteiger charge is 2.14. The first-order valence-corrected chi connectivity index (χ1v) is 11.2. The number of thiazole rings is 1. The largest absolute Gasteiger partial charge is 0.457 e. The maximum absolute atomic E-state index is 10.9. The number of nitrogens with zero attached hydrogens (tertiary/aromatic N) is 3. The van der Waals surface area contributed by atoms with Gasteiger partial charge >= 0.3 is 0 Å². The van der Waals surface area contributed by atoms with Gasteiger partial charge in [0.2, 0.25) is 0 Å². The summed E-state index contributed by atoms with van der Waals surface area (Å²) in [5.41, 5.74) is 2.58. The van der Waals surface area contributed by atoms with Crippen LogP contribution in [0.4, 0.5) is 5.69 Å². The standard InChI is InChI=1S/C22H11ClIN3O3S/c23-19-10-16(27(28)29)5-7-18(19)21-8-6-17(30-21)9-14(11-25)22-26-20(12-31-22)13-1-3-15(24)4-2-13/h1-10,12H/b14-9+. The third-order valence-corrected chi connectivity index (χ3v) is 6.24. The zero-order valence-corrected chi connectivity index (χ0v) is 19.3. The molecule has 0 aliphatic carbocycles. The van der Waals surface area contributed by atoms with E-state index in [9.17, 15) is 15.4 Å². The number of allylic oxidation sites excluding steroid dienone is 1. The van der Waals surface area contributed by atoms with Gasteiger partial charge in [-0.1, -0.05) is 23.7 Å². The van der Waals surface area contributed by atoms with E-state index in [0.29, 0.717) is 27.7 Å². The van der Waals surface area contributed by atoms with E-state index in [1.807, 2.05) is 29.6 Å². The lowest BCUT2D eigenvalue weighted by molar-refractivity contribution is -0.384. The minimum atomic E-state index is -0.510. The van der Waals surface area contributed by atoms with E-state index in [-0.39, 0.29) is 10.7 Å². The molecule has 4 aromatic rings. The van der Waals surface area contributed by atoms with Gasteiger partial charge in [0.15, 0.2) is 0 Å². The topological polar surface area (TPSA) is 93.0 Å². The molecule has 0 radical (unpaired) electrons. The highest BCUT2D eigenvalue weighted by Crippen LogP contribution is 2.33. The van der Waals surface area contributed by atoms with Crippen molar-refractivity contribution in [2.45, 2.75) is 0 Å². The van der Waals surface area contributed by atoms with Gasteiger partial charge in [-0.05, 0) is 52.9 Å². The molecule has 0 fully saturated rings. The summed E-state index contributed by atoms with van der Waals surface area (Å²) in [5.74, 6) is 0.897. The maximum atomic E-state index is 10.9. The van der Waals surface area contributed by atoms with E-state index >= 15 is 0 Å². The van der Waals surface area contributed by atoms with E-state index in [4.69, 9.17) is 16.0 Å². The molecule has 0 aliphatic rings. The number of nitro benzene ring substituents is 1. The van der Waals surface area contributed by atoms with Crippen LogP contribution in [0.1, 0.15) is 10.8 Å². The van der Waals surface area contributed by atoms with Crippen LogP contribution in [0.15, 0.2) is 64.4 Å². The Bertz CT molecular complexity index is 1350. The first-order valence-electron chi connectivity index (χ1n) is 8.82. The maximum Gasteiger partial charge on any atom is 0.270 e. The number of benzene rings is 2. The number of rotatable bonds is 5.